The van der Waals surface area contributed by atoms with Gasteiger partial charge in [0.2, 0.25) is 12.3 Å². The Morgan fingerprint density at radius 3 is 2.66 bits per heavy atom. The molecule has 1 saturated heterocycles. The number of nitrogens with one attached hydrogen (secondary N) is 2. The molecule has 47 heavy (non-hydrogen) atoms. The largest absolute Gasteiger partial charge is 0.377 e. The second-order valence-electron chi connectivity index (χ2n) is 11.9. The highest BCUT2D eigenvalue weighted by molar-refractivity contribution is 5.98. The number of benzene rings is 1. The van der Waals surface area contributed by atoms with Crippen LogP contribution in [0.2, 0.25) is 0 Å². The summed E-state index contributed by atoms with van der Waals surface area (Å²) in [5.41, 5.74) is 3.03. The molecule has 4 unspecified atom stereocenters. The molecule has 0 spiro atoms. The predicted molar refractivity (Wildman–Crippen MR) is 165 cm³/mol. The third kappa shape index (κ3) is 6.77. The smallest absolute Gasteiger partial charge is 0.253 e. The van der Waals surface area contributed by atoms with Crippen LogP contribution in [0.3, 0.4) is 0 Å². The normalized spacial score (nSPS) is 24.2. The Morgan fingerprint density at radius 2 is 1.83 bits per heavy atom. The Balaban J connectivity index is 1.32. The van der Waals surface area contributed by atoms with E-state index in [2.05, 4.69) is 20.6 Å². The lowest BCUT2D eigenvalue weighted by Crippen LogP contribution is -2.58. The molecule has 4 heterocycles. The number of piperidine rings is 1. The van der Waals surface area contributed by atoms with Gasteiger partial charge in [0.1, 0.15) is 17.7 Å². The number of rotatable bonds is 3. The Labute approximate surface area is 269 Å². The van der Waals surface area contributed by atoms with E-state index in [1.165, 1.54) is 11.1 Å². The zero-order chi connectivity index (χ0) is 33.1. The molecule has 1 aromatic carbocycles. The molecule has 0 saturated carbocycles. The molecule has 3 aliphatic rings. The molecule has 1 aliphatic carbocycles. The van der Waals surface area contributed by atoms with Crippen molar-refractivity contribution in [2.24, 2.45) is 0 Å². The van der Waals surface area contributed by atoms with E-state index in [0.717, 1.165) is 34.5 Å². The Hall–Kier alpha value is -4.62. The molecule has 3 aromatic rings. The molecular weight excluding hydrogens is 615 g/mol. The topological polar surface area (TPSA) is 123 Å². The third-order valence-electron chi connectivity index (χ3n) is 9.08. The van der Waals surface area contributed by atoms with E-state index in [1.807, 2.05) is 18.2 Å². The van der Waals surface area contributed by atoms with Crippen molar-refractivity contribution in [3.63, 3.8) is 0 Å². The molecule has 4 atom stereocenters. The number of anilines is 1. The number of carbonyl (C=O) groups excluding carboxylic acids is 3. The summed E-state index contributed by atoms with van der Waals surface area (Å²) >= 11 is 0. The van der Waals surface area contributed by atoms with Crippen LogP contribution in [0.1, 0.15) is 63.5 Å². The minimum atomic E-state index is -1.32. The quantitative estimate of drug-likeness (QED) is 0.326. The van der Waals surface area contributed by atoms with E-state index in [0.29, 0.717) is 31.7 Å². The molecule has 1 fully saturated rings. The second-order valence-corrected chi connectivity index (χ2v) is 11.9. The van der Waals surface area contributed by atoms with Crippen molar-refractivity contribution in [2.45, 2.75) is 50.1 Å². The average Bonchev–Trinajstić information content (AvgIpc) is 3.49. The van der Waals surface area contributed by atoms with E-state index in [9.17, 15) is 18.8 Å². The number of halogens is 3. The van der Waals surface area contributed by atoms with Crippen LogP contribution in [0.4, 0.5) is 19.0 Å². The minimum absolute atomic E-state index is 0.0721. The number of nitrogens with zero attached hydrogens (tertiary/aromatic N) is 3. The number of pyridine rings is 2. The van der Waals surface area contributed by atoms with Gasteiger partial charge in [-0.2, -0.15) is 0 Å². The van der Waals surface area contributed by atoms with Gasteiger partial charge in [0.05, 0.1) is 32.0 Å². The van der Waals surface area contributed by atoms with Crippen LogP contribution in [0.25, 0.3) is 6.08 Å². The molecule has 2 aliphatic heterocycles. The van der Waals surface area contributed by atoms with Crippen LogP contribution in [0, 0.1) is 17.5 Å². The lowest BCUT2D eigenvalue weighted by molar-refractivity contribution is -0.140. The summed E-state index contributed by atoms with van der Waals surface area (Å²) in [6, 6.07) is 3.38. The van der Waals surface area contributed by atoms with Crippen LogP contribution in [0.5, 0.6) is 0 Å². The van der Waals surface area contributed by atoms with Crippen molar-refractivity contribution in [1.29, 1.82) is 0 Å². The summed E-state index contributed by atoms with van der Waals surface area (Å²) in [5, 5.41) is 5.42. The standard InChI is InChI=1S/C34H34F3N5O5/c1-19-24(30-26(35)4-5-27(36)31(30)37)15-29-34(45)42(19)6-8-47-10-9-46-7-2-3-20-11-25(32(39-16-20)40-18-43)21-12-22-13-23(33(44)41-29)17-38-28(22)14-21/h2-5,11,13,16-19,21,24,29H,6-10,12,14-15H2,1H3,(H,41,44)(H,39,40,43)/b3-2+. The molecule has 13 heteroatoms. The van der Waals surface area contributed by atoms with Gasteiger partial charge < -0.3 is 25.0 Å². The number of hydrogen-bond acceptors (Lipinski definition) is 7. The fraction of sp³-hybridized carbons (Fsp3) is 0.382. The Bertz CT molecular complexity index is 1720. The molecule has 10 nitrogen and oxygen atoms in total. The van der Waals surface area contributed by atoms with Crippen molar-refractivity contribution >= 4 is 30.1 Å². The summed E-state index contributed by atoms with van der Waals surface area (Å²) in [4.78, 5) is 49.0. The maximum absolute atomic E-state index is 15.0. The summed E-state index contributed by atoms with van der Waals surface area (Å²) in [5.74, 6) is -5.06. The first-order valence-electron chi connectivity index (χ1n) is 15.5. The van der Waals surface area contributed by atoms with Gasteiger partial charge in [-0.25, -0.2) is 18.2 Å². The lowest BCUT2D eigenvalue weighted by Gasteiger charge is -2.43. The lowest BCUT2D eigenvalue weighted by atomic mass is 9.81. The number of aromatic nitrogens is 2. The summed E-state index contributed by atoms with van der Waals surface area (Å²) in [7, 11) is 0. The van der Waals surface area contributed by atoms with Crippen molar-refractivity contribution in [3.05, 3.63) is 93.7 Å². The van der Waals surface area contributed by atoms with E-state index >= 15 is 8.78 Å². The van der Waals surface area contributed by atoms with Gasteiger partial charge in [0.25, 0.3) is 5.91 Å². The second kappa shape index (κ2) is 14.0. The molecule has 2 N–H and O–H groups in total. The van der Waals surface area contributed by atoms with Crippen LogP contribution >= 0.6 is 0 Å². The van der Waals surface area contributed by atoms with E-state index in [1.54, 1.807) is 19.2 Å². The highest BCUT2D eigenvalue weighted by Crippen LogP contribution is 2.38. The van der Waals surface area contributed by atoms with Gasteiger partial charge in [-0.3, -0.25) is 19.4 Å². The molecule has 7 bridgehead atoms. The number of fused-ring (bicyclic) bond motifs is 7. The Kier molecular flexibility index (Phi) is 9.64. The van der Waals surface area contributed by atoms with Crippen LogP contribution in [0.15, 0.2) is 42.7 Å². The summed E-state index contributed by atoms with van der Waals surface area (Å²) in [6.07, 6.45) is 8.33. The Morgan fingerprint density at radius 1 is 1.02 bits per heavy atom. The van der Waals surface area contributed by atoms with Crippen molar-refractivity contribution in [1.82, 2.24) is 20.2 Å². The number of carbonyl (C=O) groups is 3. The molecule has 3 amide bonds. The predicted octanol–water partition coefficient (Wildman–Crippen LogP) is 3.91. The SMILES string of the molecule is CC1C(c2c(F)ccc(F)c2F)CC2NC(=O)c3cnc4c(c3)CC(C4)c3cc(cnc3NC=O)/C=C/COCCOCCN1C2=O. The highest BCUT2D eigenvalue weighted by atomic mass is 19.2. The van der Waals surface area contributed by atoms with E-state index < -0.39 is 52.8 Å². The first-order chi connectivity index (χ1) is 22.7. The van der Waals surface area contributed by atoms with Crippen LogP contribution in [-0.2, 0) is 31.9 Å². The van der Waals surface area contributed by atoms with Crippen molar-refractivity contribution in [3.8, 4) is 0 Å². The number of ether oxygens (including phenoxy) is 2. The van der Waals surface area contributed by atoms with Crippen LogP contribution < -0.4 is 10.6 Å². The maximum atomic E-state index is 15.0. The molecule has 6 rings (SSSR count). The average molecular weight is 650 g/mol. The monoisotopic (exact) mass is 649 g/mol. The van der Waals surface area contributed by atoms with Crippen molar-refractivity contribution < 1.29 is 37.0 Å². The molecule has 246 valence electrons. The third-order valence-corrected chi connectivity index (χ3v) is 9.08. The van der Waals surface area contributed by atoms with Crippen molar-refractivity contribution in [2.75, 3.05) is 38.3 Å². The van der Waals surface area contributed by atoms with Gasteiger partial charge in [-0.15, -0.1) is 0 Å². The van der Waals surface area contributed by atoms with E-state index in [4.69, 9.17) is 9.47 Å². The maximum Gasteiger partial charge on any atom is 0.253 e. The number of amides is 3. The van der Waals surface area contributed by atoms with Crippen LogP contribution in [-0.4, -0.2) is 78.1 Å². The van der Waals surface area contributed by atoms with Gasteiger partial charge >= 0.3 is 0 Å². The molecule has 0 radical (unpaired) electrons. The fourth-order valence-electron chi connectivity index (χ4n) is 6.70. The fourth-order valence-corrected chi connectivity index (χ4v) is 6.70. The number of hydrogen-bond donors (Lipinski definition) is 2. The summed E-state index contributed by atoms with van der Waals surface area (Å²) in [6.45, 7) is 2.63. The molecule has 2 aromatic heterocycles. The minimum Gasteiger partial charge on any atom is -0.377 e. The zero-order valence-corrected chi connectivity index (χ0v) is 25.7. The highest BCUT2D eigenvalue weighted by Gasteiger charge is 2.43. The summed E-state index contributed by atoms with van der Waals surface area (Å²) < 4.78 is 55.6. The van der Waals surface area contributed by atoms with Gasteiger partial charge in [-0.1, -0.05) is 12.2 Å². The van der Waals surface area contributed by atoms with Gasteiger partial charge in [0.15, 0.2) is 11.6 Å². The zero-order valence-electron chi connectivity index (χ0n) is 25.7. The van der Waals surface area contributed by atoms with Gasteiger partial charge in [-0.05, 0) is 73.1 Å². The molecular formula is C34H34F3N5O5. The first kappa shape index (κ1) is 32.3. The first-order valence-corrected chi connectivity index (χ1v) is 15.5. The van der Waals surface area contributed by atoms with E-state index in [-0.39, 0.29) is 44.3 Å². The van der Waals surface area contributed by atoms with Gasteiger partial charge in [0, 0.05) is 42.2 Å².